The van der Waals surface area contributed by atoms with E-state index in [1.165, 1.54) is 6.07 Å². The lowest BCUT2D eigenvalue weighted by molar-refractivity contribution is -0.384. The Bertz CT molecular complexity index is 359. The van der Waals surface area contributed by atoms with E-state index in [1.54, 1.807) is 12.1 Å². The molecule has 0 radical (unpaired) electrons. The van der Waals surface area contributed by atoms with Gasteiger partial charge in [-0.3, -0.25) is 10.1 Å². The summed E-state index contributed by atoms with van der Waals surface area (Å²) in [6.45, 7) is 0. The molecule has 0 N–H and O–H groups in total. The Balaban J connectivity index is 2.89. The fourth-order valence-electron chi connectivity index (χ4n) is 0.977. The van der Waals surface area contributed by atoms with Crippen LogP contribution in [0.25, 0.3) is 6.08 Å². The summed E-state index contributed by atoms with van der Waals surface area (Å²) in [6, 6.07) is 6.52. The van der Waals surface area contributed by atoms with Gasteiger partial charge in [0, 0.05) is 26.2 Å². The molecule has 4 nitrogen and oxygen atoms in total. The third-order valence-corrected chi connectivity index (χ3v) is 1.65. The maximum absolute atomic E-state index is 10.5. The highest BCUT2D eigenvalue weighted by Crippen LogP contribution is 2.13. The number of hydrogen-bond donors (Lipinski definition) is 0. The van der Waals surface area contributed by atoms with Crippen molar-refractivity contribution in [2.75, 3.05) is 14.1 Å². The van der Waals surface area contributed by atoms with E-state index in [1.807, 2.05) is 37.3 Å². The maximum Gasteiger partial charge on any atom is 0.270 e. The fraction of sp³-hybridized carbons (Fsp3) is 0.200. The van der Waals surface area contributed by atoms with Crippen molar-refractivity contribution >= 4 is 11.8 Å². The number of nitro benzene ring substituents is 1. The second-order valence-electron chi connectivity index (χ2n) is 3.13. The predicted molar refractivity (Wildman–Crippen MR) is 55.8 cm³/mol. The molecule has 0 unspecified atom stereocenters. The number of non-ortho nitro benzene ring substituents is 1. The van der Waals surface area contributed by atoms with Gasteiger partial charge in [0.15, 0.2) is 0 Å². The van der Waals surface area contributed by atoms with Gasteiger partial charge in [0.25, 0.3) is 5.69 Å². The summed E-state index contributed by atoms with van der Waals surface area (Å²) in [6.07, 6.45) is 3.67. The van der Waals surface area contributed by atoms with Crippen molar-refractivity contribution in [3.63, 3.8) is 0 Å². The molecule has 14 heavy (non-hydrogen) atoms. The van der Waals surface area contributed by atoms with E-state index in [2.05, 4.69) is 0 Å². The summed E-state index contributed by atoms with van der Waals surface area (Å²) in [4.78, 5) is 11.9. The van der Waals surface area contributed by atoms with Gasteiger partial charge in [0.05, 0.1) is 4.92 Å². The second-order valence-corrected chi connectivity index (χ2v) is 3.13. The van der Waals surface area contributed by atoms with Gasteiger partial charge in [-0.15, -0.1) is 0 Å². The highest BCUT2D eigenvalue weighted by atomic mass is 16.6. The molecule has 0 aliphatic carbocycles. The quantitative estimate of drug-likeness (QED) is 0.544. The summed E-state index contributed by atoms with van der Waals surface area (Å²) in [5.41, 5.74) is 0.943. The van der Waals surface area contributed by atoms with Crippen LogP contribution in [-0.2, 0) is 0 Å². The van der Waals surface area contributed by atoms with E-state index in [0.717, 1.165) is 5.56 Å². The van der Waals surface area contributed by atoms with Crippen molar-refractivity contribution in [3.8, 4) is 0 Å². The van der Waals surface area contributed by atoms with Gasteiger partial charge in [-0.2, -0.15) is 0 Å². The average Bonchev–Trinajstić information content (AvgIpc) is 2.15. The molecule has 0 saturated carbocycles. The summed E-state index contributed by atoms with van der Waals surface area (Å²) >= 11 is 0. The molecule has 1 rings (SSSR count). The first-order valence-electron chi connectivity index (χ1n) is 4.18. The van der Waals surface area contributed by atoms with Crippen molar-refractivity contribution in [2.45, 2.75) is 0 Å². The summed E-state index contributed by atoms with van der Waals surface area (Å²) in [7, 11) is 3.79. The standard InChI is InChI=1S/C10H12N2O2/c1-11(2)7-6-9-4-3-5-10(8-9)12(13)14/h3-8H,1-2H3. The Morgan fingerprint density at radius 2 is 2.14 bits per heavy atom. The first kappa shape index (κ1) is 10.2. The predicted octanol–water partition coefficient (Wildman–Crippen LogP) is 2.13. The van der Waals surface area contributed by atoms with Gasteiger partial charge in [-0.1, -0.05) is 12.1 Å². The molecule has 0 amide bonds. The van der Waals surface area contributed by atoms with E-state index in [-0.39, 0.29) is 5.69 Å². The Labute approximate surface area is 82.6 Å². The van der Waals surface area contributed by atoms with Crippen molar-refractivity contribution < 1.29 is 4.92 Å². The van der Waals surface area contributed by atoms with Crippen molar-refractivity contribution in [2.24, 2.45) is 0 Å². The summed E-state index contributed by atoms with van der Waals surface area (Å²) in [5, 5.41) is 10.5. The minimum absolute atomic E-state index is 0.117. The highest BCUT2D eigenvalue weighted by Gasteiger charge is 2.03. The van der Waals surface area contributed by atoms with Gasteiger partial charge in [0.2, 0.25) is 0 Å². The SMILES string of the molecule is CN(C)C=Cc1cccc([N+](=O)[O-])c1. The van der Waals surface area contributed by atoms with Crippen molar-refractivity contribution in [1.29, 1.82) is 0 Å². The number of hydrogen-bond acceptors (Lipinski definition) is 3. The molecule has 1 aromatic carbocycles. The highest BCUT2D eigenvalue weighted by molar-refractivity contribution is 5.52. The molecular weight excluding hydrogens is 180 g/mol. The number of nitrogens with zero attached hydrogens (tertiary/aromatic N) is 2. The van der Waals surface area contributed by atoms with Crippen LogP contribution in [0.2, 0.25) is 0 Å². The van der Waals surface area contributed by atoms with Gasteiger partial charge < -0.3 is 4.90 Å². The zero-order valence-corrected chi connectivity index (χ0v) is 8.18. The summed E-state index contributed by atoms with van der Waals surface area (Å²) in [5.74, 6) is 0. The first-order chi connectivity index (χ1) is 6.59. The minimum Gasteiger partial charge on any atom is -0.383 e. The van der Waals surface area contributed by atoms with Crippen LogP contribution in [0.3, 0.4) is 0 Å². The van der Waals surface area contributed by atoms with E-state index in [4.69, 9.17) is 0 Å². The van der Waals surface area contributed by atoms with Crippen molar-refractivity contribution in [1.82, 2.24) is 4.90 Å². The molecule has 0 atom stereocenters. The van der Waals surface area contributed by atoms with Crippen LogP contribution < -0.4 is 0 Å². The zero-order chi connectivity index (χ0) is 10.6. The monoisotopic (exact) mass is 192 g/mol. The van der Waals surface area contributed by atoms with Gasteiger partial charge in [-0.05, 0) is 17.8 Å². The fourth-order valence-corrected chi connectivity index (χ4v) is 0.977. The smallest absolute Gasteiger partial charge is 0.270 e. The molecule has 0 fully saturated rings. The second kappa shape index (κ2) is 4.41. The first-order valence-corrected chi connectivity index (χ1v) is 4.18. The molecule has 4 heteroatoms. The van der Waals surface area contributed by atoms with Crippen molar-refractivity contribution in [3.05, 3.63) is 46.1 Å². The van der Waals surface area contributed by atoms with Crippen LogP contribution in [0, 0.1) is 10.1 Å². The Hall–Kier alpha value is -1.84. The van der Waals surface area contributed by atoms with E-state index < -0.39 is 4.92 Å². The maximum atomic E-state index is 10.5. The third kappa shape index (κ3) is 2.90. The molecule has 0 spiro atoms. The number of benzene rings is 1. The third-order valence-electron chi connectivity index (χ3n) is 1.65. The number of rotatable bonds is 3. The summed E-state index contributed by atoms with van der Waals surface area (Å²) < 4.78 is 0. The lowest BCUT2D eigenvalue weighted by Crippen LogP contribution is -1.99. The molecule has 0 saturated heterocycles. The number of nitro groups is 1. The normalized spacial score (nSPS) is 10.4. The lowest BCUT2D eigenvalue weighted by atomic mass is 10.2. The Morgan fingerprint density at radius 1 is 1.43 bits per heavy atom. The van der Waals surface area contributed by atoms with E-state index >= 15 is 0 Å². The van der Waals surface area contributed by atoms with Crippen LogP contribution in [0.1, 0.15) is 5.56 Å². The molecule has 0 heterocycles. The molecule has 0 aromatic heterocycles. The molecule has 0 aliphatic rings. The van der Waals surface area contributed by atoms with E-state index in [0.29, 0.717) is 0 Å². The molecule has 0 aliphatic heterocycles. The van der Waals surface area contributed by atoms with Crippen LogP contribution >= 0.6 is 0 Å². The van der Waals surface area contributed by atoms with E-state index in [9.17, 15) is 10.1 Å². The average molecular weight is 192 g/mol. The van der Waals surface area contributed by atoms with Crippen LogP contribution in [-0.4, -0.2) is 23.9 Å². The Kier molecular flexibility index (Phi) is 3.23. The minimum atomic E-state index is -0.396. The topological polar surface area (TPSA) is 46.4 Å². The molecule has 1 aromatic rings. The zero-order valence-electron chi connectivity index (χ0n) is 8.18. The van der Waals surface area contributed by atoms with Gasteiger partial charge >= 0.3 is 0 Å². The Morgan fingerprint density at radius 3 is 2.71 bits per heavy atom. The van der Waals surface area contributed by atoms with Crippen LogP contribution in [0.15, 0.2) is 30.5 Å². The van der Waals surface area contributed by atoms with Gasteiger partial charge in [-0.25, -0.2) is 0 Å². The van der Waals surface area contributed by atoms with Crippen LogP contribution in [0.5, 0.6) is 0 Å². The molecule has 0 bridgehead atoms. The van der Waals surface area contributed by atoms with Gasteiger partial charge in [0.1, 0.15) is 0 Å². The largest absolute Gasteiger partial charge is 0.383 e. The van der Waals surface area contributed by atoms with Crippen LogP contribution in [0.4, 0.5) is 5.69 Å². The lowest BCUT2D eigenvalue weighted by Gasteiger charge is -2.02. The molecule has 74 valence electrons. The molecular formula is C10H12N2O2.